The molecule has 2 N–H and O–H groups in total. The third-order valence-electron chi connectivity index (χ3n) is 5.89. The lowest BCUT2D eigenvalue weighted by atomic mass is 9.95. The van der Waals surface area contributed by atoms with Gasteiger partial charge < -0.3 is 10.6 Å². The molecule has 2 aliphatic rings. The molecule has 2 fully saturated rings. The average Bonchev–Trinajstić information content (AvgIpc) is 3.25. The SMILES string of the molecule is CN(Cl)S(=O)(=O)c1ccc(NC2CCCCC2)c(-c2nnn(C3CCNCC3)n2)c1. The fraction of sp³-hybridized carbons (Fsp3) is 0.632. The first-order valence-electron chi connectivity index (χ1n) is 10.5. The molecule has 1 aliphatic heterocycles. The van der Waals surface area contributed by atoms with Crippen LogP contribution in [0.2, 0.25) is 0 Å². The second-order valence-electron chi connectivity index (χ2n) is 8.00. The molecule has 1 aromatic heterocycles. The summed E-state index contributed by atoms with van der Waals surface area (Å²) in [6, 6.07) is 5.49. The number of halogens is 1. The van der Waals surface area contributed by atoms with Gasteiger partial charge in [0.25, 0.3) is 10.0 Å². The third-order valence-corrected chi connectivity index (χ3v) is 7.95. The molecule has 2 heterocycles. The lowest BCUT2D eigenvalue weighted by molar-refractivity contribution is 0.309. The van der Waals surface area contributed by atoms with E-state index in [2.05, 4.69) is 26.0 Å². The summed E-state index contributed by atoms with van der Waals surface area (Å²) in [5, 5.41) is 20.0. The Labute approximate surface area is 182 Å². The van der Waals surface area contributed by atoms with E-state index in [0.29, 0.717) is 21.3 Å². The lowest BCUT2D eigenvalue weighted by Crippen LogP contribution is -2.30. The van der Waals surface area contributed by atoms with Crippen LogP contribution in [0.3, 0.4) is 0 Å². The minimum absolute atomic E-state index is 0.0995. The highest BCUT2D eigenvalue weighted by Crippen LogP contribution is 2.32. The summed E-state index contributed by atoms with van der Waals surface area (Å²) >= 11 is 5.78. The summed E-state index contributed by atoms with van der Waals surface area (Å²) in [7, 11) is -2.49. The molecule has 30 heavy (non-hydrogen) atoms. The van der Waals surface area contributed by atoms with Crippen molar-refractivity contribution in [1.82, 2.24) is 29.3 Å². The highest BCUT2D eigenvalue weighted by atomic mass is 35.5. The number of sulfonamides is 1. The van der Waals surface area contributed by atoms with Gasteiger partial charge in [0.05, 0.1) is 10.9 Å². The molecule has 0 amide bonds. The maximum absolute atomic E-state index is 12.6. The molecular weight excluding hydrogens is 426 g/mol. The largest absolute Gasteiger partial charge is 0.382 e. The Bertz CT molecular complexity index is 967. The number of benzene rings is 1. The minimum Gasteiger partial charge on any atom is -0.382 e. The number of nitrogens with one attached hydrogen (secondary N) is 2. The van der Waals surface area contributed by atoms with E-state index in [-0.39, 0.29) is 10.9 Å². The van der Waals surface area contributed by atoms with Gasteiger partial charge in [-0.15, -0.1) is 14.0 Å². The van der Waals surface area contributed by atoms with E-state index in [1.54, 1.807) is 23.0 Å². The van der Waals surface area contributed by atoms with Crippen LogP contribution < -0.4 is 10.6 Å². The fourth-order valence-electron chi connectivity index (χ4n) is 4.13. The van der Waals surface area contributed by atoms with Crippen molar-refractivity contribution in [3.05, 3.63) is 18.2 Å². The highest BCUT2D eigenvalue weighted by Gasteiger charge is 2.25. The normalized spacial score (nSPS) is 19.3. The molecule has 0 atom stereocenters. The fourth-order valence-corrected chi connectivity index (χ4v) is 5.17. The molecule has 1 saturated heterocycles. The van der Waals surface area contributed by atoms with Gasteiger partial charge in [-0.1, -0.05) is 19.3 Å². The van der Waals surface area contributed by atoms with E-state index in [9.17, 15) is 8.42 Å². The predicted molar refractivity (Wildman–Crippen MR) is 116 cm³/mol. The number of nitrogens with zero attached hydrogens (tertiary/aromatic N) is 5. The van der Waals surface area contributed by atoms with E-state index >= 15 is 0 Å². The molecule has 164 valence electrons. The van der Waals surface area contributed by atoms with Crippen molar-refractivity contribution < 1.29 is 8.42 Å². The molecule has 1 aromatic carbocycles. The number of hydrogen-bond donors (Lipinski definition) is 2. The summed E-state index contributed by atoms with van der Waals surface area (Å²) in [6.45, 7) is 1.84. The average molecular weight is 454 g/mol. The molecule has 1 saturated carbocycles. The summed E-state index contributed by atoms with van der Waals surface area (Å²) < 4.78 is 25.8. The van der Waals surface area contributed by atoms with Crippen LogP contribution in [0.5, 0.6) is 0 Å². The lowest BCUT2D eigenvalue weighted by Gasteiger charge is -2.25. The molecule has 9 nitrogen and oxygen atoms in total. The first kappa shape index (κ1) is 21.5. The highest BCUT2D eigenvalue weighted by molar-refractivity contribution is 7.90. The molecule has 0 spiro atoms. The van der Waals surface area contributed by atoms with Crippen LogP contribution in [0.1, 0.15) is 51.0 Å². The number of aromatic nitrogens is 4. The van der Waals surface area contributed by atoms with Crippen LogP contribution in [-0.2, 0) is 10.0 Å². The van der Waals surface area contributed by atoms with E-state index in [0.717, 1.165) is 44.5 Å². The van der Waals surface area contributed by atoms with Crippen molar-refractivity contribution in [2.45, 2.75) is 61.9 Å². The third kappa shape index (κ3) is 4.61. The van der Waals surface area contributed by atoms with Crippen LogP contribution >= 0.6 is 11.8 Å². The standard InChI is InChI=1S/C19H28ClN7O2S/c1-26(20)30(28,29)16-7-8-18(22-14-5-3-2-4-6-14)17(13-16)19-23-25-27(24-19)15-9-11-21-12-10-15/h7-8,13-15,21-22H,2-6,9-12H2,1H3. The smallest absolute Gasteiger partial charge is 0.256 e. The molecule has 0 unspecified atom stereocenters. The number of hydrogen-bond acceptors (Lipinski definition) is 7. The Hall–Kier alpha value is -1.75. The van der Waals surface area contributed by atoms with E-state index in [1.807, 2.05) is 0 Å². The Morgan fingerprint density at radius 1 is 1.17 bits per heavy atom. The van der Waals surface area contributed by atoms with Crippen molar-refractivity contribution in [1.29, 1.82) is 0 Å². The van der Waals surface area contributed by atoms with Crippen LogP contribution in [0.4, 0.5) is 5.69 Å². The Kier molecular flexibility index (Phi) is 6.57. The van der Waals surface area contributed by atoms with Gasteiger partial charge in [0.2, 0.25) is 5.82 Å². The molecule has 0 bridgehead atoms. The zero-order valence-corrected chi connectivity index (χ0v) is 18.7. The molecule has 4 rings (SSSR count). The van der Waals surface area contributed by atoms with Crippen LogP contribution in [0.15, 0.2) is 23.1 Å². The number of rotatable bonds is 6. The van der Waals surface area contributed by atoms with Crippen molar-refractivity contribution in [2.24, 2.45) is 0 Å². The van der Waals surface area contributed by atoms with Gasteiger partial charge in [-0.3, -0.25) is 0 Å². The molecule has 1 aliphatic carbocycles. The van der Waals surface area contributed by atoms with Crippen LogP contribution in [0.25, 0.3) is 11.4 Å². The Morgan fingerprint density at radius 3 is 2.60 bits per heavy atom. The predicted octanol–water partition coefficient (Wildman–Crippen LogP) is 2.78. The summed E-state index contributed by atoms with van der Waals surface area (Å²) in [4.78, 5) is 1.76. The van der Waals surface area contributed by atoms with Crippen molar-refractivity contribution in [2.75, 3.05) is 25.5 Å². The minimum atomic E-state index is -3.79. The number of tetrazole rings is 1. The van der Waals surface area contributed by atoms with Crippen molar-refractivity contribution >= 4 is 27.5 Å². The van der Waals surface area contributed by atoms with Gasteiger partial charge in [0.15, 0.2) is 0 Å². The van der Waals surface area contributed by atoms with E-state index in [1.165, 1.54) is 26.3 Å². The van der Waals surface area contributed by atoms with Gasteiger partial charge in [0.1, 0.15) is 0 Å². The summed E-state index contributed by atoms with van der Waals surface area (Å²) in [5.74, 6) is 0.418. The van der Waals surface area contributed by atoms with Crippen LogP contribution in [-0.4, -0.2) is 58.6 Å². The van der Waals surface area contributed by atoms with E-state index in [4.69, 9.17) is 11.8 Å². The zero-order chi connectivity index (χ0) is 21.1. The first-order chi connectivity index (χ1) is 14.4. The molecule has 0 radical (unpaired) electrons. The number of piperidine rings is 1. The van der Waals surface area contributed by atoms with Crippen LogP contribution in [0, 0.1) is 0 Å². The van der Waals surface area contributed by atoms with Gasteiger partial charge in [-0.05, 0) is 74.0 Å². The van der Waals surface area contributed by atoms with Gasteiger partial charge >= 0.3 is 0 Å². The Balaban J connectivity index is 1.69. The molecule has 2 aromatic rings. The second-order valence-corrected chi connectivity index (χ2v) is 10.7. The maximum atomic E-state index is 12.6. The van der Waals surface area contributed by atoms with Crippen molar-refractivity contribution in [3.8, 4) is 11.4 Å². The number of anilines is 1. The van der Waals surface area contributed by atoms with E-state index < -0.39 is 10.0 Å². The second kappa shape index (κ2) is 9.17. The molecular formula is C19H28ClN7O2S. The summed E-state index contributed by atoms with van der Waals surface area (Å²) in [6.07, 6.45) is 7.72. The monoisotopic (exact) mass is 453 g/mol. The van der Waals surface area contributed by atoms with Gasteiger partial charge in [0, 0.05) is 24.3 Å². The maximum Gasteiger partial charge on any atom is 0.256 e. The summed E-state index contributed by atoms with van der Waals surface area (Å²) in [5.41, 5.74) is 1.45. The van der Waals surface area contributed by atoms with Crippen molar-refractivity contribution in [3.63, 3.8) is 0 Å². The zero-order valence-electron chi connectivity index (χ0n) is 17.1. The van der Waals surface area contributed by atoms with Gasteiger partial charge in [-0.2, -0.15) is 4.80 Å². The molecule has 11 heteroatoms. The Morgan fingerprint density at radius 2 is 1.90 bits per heavy atom. The first-order valence-corrected chi connectivity index (χ1v) is 12.3. The topological polar surface area (TPSA) is 105 Å². The quantitative estimate of drug-likeness (QED) is 0.648. The van der Waals surface area contributed by atoms with Gasteiger partial charge in [-0.25, -0.2) is 8.42 Å².